The quantitative estimate of drug-likeness (QED) is 0.690. The van der Waals surface area contributed by atoms with Crippen molar-refractivity contribution in [3.05, 3.63) is 47.1 Å². The molecule has 0 radical (unpaired) electrons. The van der Waals surface area contributed by atoms with Crippen molar-refractivity contribution in [2.75, 3.05) is 20.1 Å². The van der Waals surface area contributed by atoms with Crippen LogP contribution in [0.4, 0.5) is 0 Å². The molecule has 1 aliphatic heterocycles. The molecule has 24 heavy (non-hydrogen) atoms. The Labute approximate surface area is 143 Å². The number of hydrogen-bond donors (Lipinski definition) is 1. The summed E-state index contributed by atoms with van der Waals surface area (Å²) in [5.74, 6) is 2.65. The average molecular weight is 327 g/mol. The van der Waals surface area contributed by atoms with E-state index in [0.717, 1.165) is 37.8 Å². The summed E-state index contributed by atoms with van der Waals surface area (Å²) in [7, 11) is 1.83. The summed E-state index contributed by atoms with van der Waals surface area (Å²) in [5, 5.41) is 7.40. The van der Waals surface area contributed by atoms with Crippen LogP contribution in [-0.4, -0.2) is 41.1 Å². The van der Waals surface area contributed by atoms with E-state index in [0.29, 0.717) is 12.3 Å². The molecule has 6 heteroatoms. The topological polar surface area (TPSA) is 66.5 Å². The monoisotopic (exact) mass is 327 g/mol. The van der Waals surface area contributed by atoms with E-state index in [-0.39, 0.29) is 5.92 Å². The Morgan fingerprint density at radius 2 is 2.12 bits per heavy atom. The highest BCUT2D eigenvalue weighted by Crippen LogP contribution is 2.18. The molecule has 6 nitrogen and oxygen atoms in total. The fourth-order valence-electron chi connectivity index (χ4n) is 2.89. The van der Waals surface area contributed by atoms with Crippen LogP contribution in [0.1, 0.15) is 42.6 Å². The van der Waals surface area contributed by atoms with Gasteiger partial charge < -0.3 is 14.7 Å². The zero-order chi connectivity index (χ0) is 16.9. The first kappa shape index (κ1) is 16.5. The summed E-state index contributed by atoms with van der Waals surface area (Å²) in [6.07, 6.45) is 1.75. The second-order valence-corrected chi connectivity index (χ2v) is 6.37. The lowest BCUT2D eigenvalue weighted by Gasteiger charge is -2.31. The summed E-state index contributed by atoms with van der Waals surface area (Å²) in [6.45, 7) is 6.72. The number of aromatic nitrogens is 2. The fourth-order valence-corrected chi connectivity index (χ4v) is 2.89. The van der Waals surface area contributed by atoms with Gasteiger partial charge in [-0.15, -0.1) is 0 Å². The third kappa shape index (κ3) is 3.75. The van der Waals surface area contributed by atoms with Crippen molar-refractivity contribution in [2.24, 2.45) is 4.99 Å². The van der Waals surface area contributed by atoms with Crippen LogP contribution in [0.5, 0.6) is 0 Å². The summed E-state index contributed by atoms with van der Waals surface area (Å²) in [4.78, 5) is 11.1. The van der Waals surface area contributed by atoms with Crippen molar-refractivity contribution in [3.63, 3.8) is 0 Å². The van der Waals surface area contributed by atoms with Gasteiger partial charge >= 0.3 is 0 Å². The average Bonchev–Trinajstić information content (AvgIpc) is 3.07. The molecule has 1 aromatic heterocycles. The maximum Gasteiger partial charge on any atom is 0.228 e. The molecular formula is C18H25N5O. The first-order valence-corrected chi connectivity index (χ1v) is 8.52. The third-order valence-corrected chi connectivity index (χ3v) is 4.26. The number of nitrogens with one attached hydrogen (secondary N) is 1. The predicted molar refractivity (Wildman–Crippen MR) is 94.0 cm³/mol. The second kappa shape index (κ2) is 7.47. The summed E-state index contributed by atoms with van der Waals surface area (Å²) < 4.78 is 5.28. The van der Waals surface area contributed by atoms with Crippen LogP contribution in [0.2, 0.25) is 0 Å². The second-order valence-electron chi connectivity index (χ2n) is 6.37. The van der Waals surface area contributed by atoms with Gasteiger partial charge in [0, 0.05) is 39.0 Å². The van der Waals surface area contributed by atoms with Crippen molar-refractivity contribution in [1.29, 1.82) is 0 Å². The number of aliphatic imine (C=N–C) groups is 1. The number of rotatable bonds is 4. The van der Waals surface area contributed by atoms with Crippen LogP contribution in [-0.2, 0) is 19.4 Å². The molecule has 0 aliphatic carbocycles. The van der Waals surface area contributed by atoms with Crippen LogP contribution < -0.4 is 5.32 Å². The van der Waals surface area contributed by atoms with E-state index in [2.05, 4.69) is 63.5 Å². The number of benzene rings is 1. The zero-order valence-corrected chi connectivity index (χ0v) is 14.6. The minimum absolute atomic E-state index is 0.289. The molecular weight excluding hydrogens is 302 g/mol. The highest BCUT2D eigenvalue weighted by molar-refractivity contribution is 5.80. The van der Waals surface area contributed by atoms with Gasteiger partial charge in [0.25, 0.3) is 0 Å². The number of hydrogen-bond acceptors (Lipinski definition) is 4. The van der Waals surface area contributed by atoms with Crippen molar-refractivity contribution in [2.45, 2.75) is 39.2 Å². The molecule has 0 spiro atoms. The van der Waals surface area contributed by atoms with E-state index < -0.39 is 0 Å². The largest absolute Gasteiger partial charge is 0.356 e. The molecule has 1 aliphatic rings. The first-order chi connectivity index (χ1) is 11.7. The van der Waals surface area contributed by atoms with Gasteiger partial charge in [-0.1, -0.05) is 43.3 Å². The van der Waals surface area contributed by atoms with Crippen molar-refractivity contribution in [3.8, 4) is 0 Å². The normalized spacial score (nSPS) is 14.8. The zero-order valence-electron chi connectivity index (χ0n) is 14.6. The highest BCUT2D eigenvalue weighted by Gasteiger charge is 2.18. The fraction of sp³-hybridized carbons (Fsp3) is 0.500. The van der Waals surface area contributed by atoms with E-state index in [1.807, 2.05) is 7.05 Å². The van der Waals surface area contributed by atoms with Crippen LogP contribution in [0, 0.1) is 0 Å². The lowest BCUT2D eigenvalue weighted by molar-refractivity contribution is 0.364. The van der Waals surface area contributed by atoms with E-state index in [4.69, 9.17) is 4.52 Å². The molecule has 3 rings (SSSR count). The minimum Gasteiger partial charge on any atom is -0.356 e. The smallest absolute Gasteiger partial charge is 0.228 e. The van der Waals surface area contributed by atoms with Gasteiger partial charge in [-0.3, -0.25) is 4.99 Å². The maximum absolute atomic E-state index is 5.28. The summed E-state index contributed by atoms with van der Waals surface area (Å²) >= 11 is 0. The standard InChI is InChI=1S/C18H25N5O/c1-13(2)17-21-16(24-22-17)8-10-20-18(19-3)23-11-9-14-6-4-5-7-15(14)12-23/h4-7,13H,8-12H2,1-3H3,(H,19,20). The highest BCUT2D eigenvalue weighted by atomic mass is 16.5. The van der Waals surface area contributed by atoms with Gasteiger partial charge in [-0.2, -0.15) is 4.98 Å². The Bertz CT molecular complexity index is 707. The number of guanidine groups is 1. The summed E-state index contributed by atoms with van der Waals surface area (Å²) in [5.41, 5.74) is 2.82. The summed E-state index contributed by atoms with van der Waals surface area (Å²) in [6, 6.07) is 8.61. The molecule has 0 atom stereocenters. The van der Waals surface area contributed by atoms with E-state index in [9.17, 15) is 0 Å². The van der Waals surface area contributed by atoms with Gasteiger partial charge in [0.15, 0.2) is 11.8 Å². The molecule has 1 N–H and O–H groups in total. The Kier molecular flexibility index (Phi) is 5.13. The van der Waals surface area contributed by atoms with Crippen LogP contribution in [0.3, 0.4) is 0 Å². The molecule has 1 aromatic carbocycles. The molecule has 2 aromatic rings. The molecule has 0 unspecified atom stereocenters. The molecule has 0 saturated heterocycles. The molecule has 0 amide bonds. The lowest BCUT2D eigenvalue weighted by Crippen LogP contribution is -2.44. The molecule has 0 fully saturated rings. The van der Waals surface area contributed by atoms with Gasteiger partial charge in [-0.25, -0.2) is 0 Å². The van der Waals surface area contributed by atoms with Crippen molar-refractivity contribution < 1.29 is 4.52 Å². The van der Waals surface area contributed by atoms with E-state index in [1.54, 1.807) is 0 Å². The molecule has 128 valence electrons. The number of nitrogens with zero attached hydrogens (tertiary/aromatic N) is 4. The van der Waals surface area contributed by atoms with Gasteiger partial charge in [0.1, 0.15) is 0 Å². The van der Waals surface area contributed by atoms with Crippen LogP contribution >= 0.6 is 0 Å². The Morgan fingerprint density at radius 1 is 1.33 bits per heavy atom. The van der Waals surface area contributed by atoms with Gasteiger partial charge in [0.05, 0.1) is 0 Å². The van der Waals surface area contributed by atoms with E-state index >= 15 is 0 Å². The van der Waals surface area contributed by atoms with Gasteiger partial charge in [0.2, 0.25) is 5.89 Å². The molecule has 0 saturated carbocycles. The van der Waals surface area contributed by atoms with E-state index in [1.165, 1.54) is 11.1 Å². The number of fused-ring (bicyclic) bond motifs is 1. The minimum atomic E-state index is 0.289. The van der Waals surface area contributed by atoms with Gasteiger partial charge in [-0.05, 0) is 17.5 Å². The Morgan fingerprint density at radius 3 is 2.83 bits per heavy atom. The Hall–Kier alpha value is -2.37. The van der Waals surface area contributed by atoms with Crippen LogP contribution in [0.25, 0.3) is 0 Å². The third-order valence-electron chi connectivity index (χ3n) is 4.26. The Balaban J connectivity index is 1.54. The maximum atomic E-state index is 5.28. The van der Waals surface area contributed by atoms with Crippen molar-refractivity contribution in [1.82, 2.24) is 20.4 Å². The molecule has 2 heterocycles. The first-order valence-electron chi connectivity index (χ1n) is 8.52. The van der Waals surface area contributed by atoms with Crippen molar-refractivity contribution >= 4 is 5.96 Å². The predicted octanol–water partition coefficient (Wildman–Crippen LogP) is 2.37. The van der Waals surface area contributed by atoms with Crippen LogP contribution in [0.15, 0.2) is 33.8 Å². The lowest BCUT2D eigenvalue weighted by atomic mass is 10.0. The molecule has 0 bridgehead atoms. The SMILES string of the molecule is CN=C(NCCc1nc(C(C)C)no1)N1CCc2ccccc2C1.